The number of aryl methyl sites for hydroxylation is 1. The Morgan fingerprint density at radius 1 is 0.967 bits per heavy atom. The van der Waals surface area contributed by atoms with Gasteiger partial charge in [0.1, 0.15) is 0 Å². The Morgan fingerprint density at radius 3 is 2.17 bits per heavy atom. The molecule has 0 bridgehead atoms. The van der Waals surface area contributed by atoms with Crippen LogP contribution in [0.5, 0.6) is 0 Å². The molecule has 1 heterocycles. The van der Waals surface area contributed by atoms with E-state index >= 15 is 0 Å². The number of nitrogens with one attached hydrogen (secondary N) is 1. The molecule has 7 nitrogen and oxygen atoms in total. The van der Waals surface area contributed by atoms with E-state index in [1.165, 1.54) is 40.5 Å². The predicted molar refractivity (Wildman–Crippen MR) is 116 cm³/mol. The number of benzene rings is 2. The second kappa shape index (κ2) is 9.40. The first-order valence-electron chi connectivity index (χ1n) is 9.99. The minimum absolute atomic E-state index is 0.111. The standard InChI is InChI=1S/C22H27N3O4S/c1-17-6-10-19(11-7-17)23-21(26)16-24(2)22(27)18-8-12-20(13-9-18)30(28,29)25-14-4-3-5-15-25/h6-13H,3-5,14-16H2,1-2H3,(H,23,26). The molecule has 0 radical (unpaired) electrons. The summed E-state index contributed by atoms with van der Waals surface area (Å²) in [5.41, 5.74) is 2.09. The normalized spacial score (nSPS) is 14.9. The molecule has 1 saturated heterocycles. The van der Waals surface area contributed by atoms with Crippen LogP contribution in [0.3, 0.4) is 0 Å². The van der Waals surface area contributed by atoms with Crippen molar-refractivity contribution in [1.29, 1.82) is 0 Å². The van der Waals surface area contributed by atoms with E-state index < -0.39 is 10.0 Å². The molecule has 0 spiro atoms. The average molecular weight is 430 g/mol. The smallest absolute Gasteiger partial charge is 0.254 e. The van der Waals surface area contributed by atoms with Crippen molar-refractivity contribution >= 4 is 27.5 Å². The first kappa shape index (κ1) is 22.0. The zero-order valence-electron chi connectivity index (χ0n) is 17.3. The molecule has 0 unspecified atom stereocenters. The van der Waals surface area contributed by atoms with Crippen LogP contribution in [-0.2, 0) is 14.8 Å². The van der Waals surface area contributed by atoms with Crippen LogP contribution in [0.2, 0.25) is 0 Å². The number of likely N-dealkylation sites (N-methyl/N-ethyl adjacent to an activating group) is 1. The van der Waals surface area contributed by atoms with E-state index in [0.29, 0.717) is 24.3 Å². The summed E-state index contributed by atoms with van der Waals surface area (Å²) in [5, 5.41) is 2.75. The Labute approximate surface area is 177 Å². The lowest BCUT2D eigenvalue weighted by atomic mass is 10.2. The minimum Gasteiger partial charge on any atom is -0.332 e. The van der Waals surface area contributed by atoms with E-state index in [4.69, 9.17) is 0 Å². The molecule has 0 atom stereocenters. The van der Waals surface area contributed by atoms with Crippen LogP contribution < -0.4 is 5.32 Å². The third-order valence-electron chi connectivity index (χ3n) is 5.12. The third-order valence-corrected chi connectivity index (χ3v) is 7.03. The molecule has 3 rings (SSSR count). The van der Waals surface area contributed by atoms with Crippen LogP contribution in [0.15, 0.2) is 53.4 Å². The fourth-order valence-corrected chi connectivity index (χ4v) is 4.89. The molecule has 160 valence electrons. The van der Waals surface area contributed by atoms with Crippen LogP contribution in [-0.4, -0.2) is 56.1 Å². The number of amides is 2. The highest BCUT2D eigenvalue weighted by atomic mass is 32.2. The topological polar surface area (TPSA) is 86.8 Å². The van der Waals surface area contributed by atoms with Gasteiger partial charge in [0.15, 0.2) is 0 Å². The lowest BCUT2D eigenvalue weighted by molar-refractivity contribution is -0.116. The lowest BCUT2D eigenvalue weighted by Crippen LogP contribution is -2.36. The molecule has 2 amide bonds. The maximum atomic E-state index is 12.7. The highest BCUT2D eigenvalue weighted by molar-refractivity contribution is 7.89. The largest absolute Gasteiger partial charge is 0.332 e. The molecule has 2 aromatic carbocycles. The van der Waals surface area contributed by atoms with Crippen molar-refractivity contribution in [2.24, 2.45) is 0 Å². The molecular weight excluding hydrogens is 402 g/mol. The first-order chi connectivity index (χ1) is 14.3. The van der Waals surface area contributed by atoms with Gasteiger partial charge in [-0.25, -0.2) is 8.42 Å². The zero-order chi connectivity index (χ0) is 21.7. The number of carbonyl (C=O) groups is 2. The van der Waals surface area contributed by atoms with Crippen LogP contribution in [0.4, 0.5) is 5.69 Å². The summed E-state index contributed by atoms with van der Waals surface area (Å²) in [6.45, 7) is 2.91. The van der Waals surface area contributed by atoms with E-state index in [9.17, 15) is 18.0 Å². The van der Waals surface area contributed by atoms with Crippen LogP contribution in [0, 0.1) is 6.92 Å². The molecule has 8 heteroatoms. The summed E-state index contributed by atoms with van der Waals surface area (Å²) in [7, 11) is -2.00. The van der Waals surface area contributed by atoms with Gasteiger partial charge in [-0.2, -0.15) is 4.31 Å². The summed E-state index contributed by atoms with van der Waals surface area (Å²) in [6.07, 6.45) is 2.78. The highest BCUT2D eigenvalue weighted by Crippen LogP contribution is 2.21. The Hall–Kier alpha value is -2.71. The van der Waals surface area contributed by atoms with Crippen molar-refractivity contribution in [1.82, 2.24) is 9.21 Å². The van der Waals surface area contributed by atoms with E-state index in [-0.39, 0.29) is 23.3 Å². The number of anilines is 1. The van der Waals surface area contributed by atoms with Gasteiger partial charge in [0, 0.05) is 31.4 Å². The second-order valence-electron chi connectivity index (χ2n) is 7.56. The Balaban J connectivity index is 1.61. The van der Waals surface area contributed by atoms with Crippen LogP contribution in [0.25, 0.3) is 0 Å². The van der Waals surface area contributed by atoms with Crippen molar-refractivity contribution in [3.05, 3.63) is 59.7 Å². The van der Waals surface area contributed by atoms with Gasteiger partial charge in [0.25, 0.3) is 5.91 Å². The fraction of sp³-hybridized carbons (Fsp3) is 0.364. The lowest BCUT2D eigenvalue weighted by Gasteiger charge is -2.26. The predicted octanol–water partition coefficient (Wildman–Crippen LogP) is 2.88. The molecule has 0 saturated carbocycles. The Kier molecular flexibility index (Phi) is 6.89. The van der Waals surface area contributed by atoms with E-state index in [2.05, 4.69) is 5.32 Å². The van der Waals surface area contributed by atoms with Crippen molar-refractivity contribution in [3.63, 3.8) is 0 Å². The van der Waals surface area contributed by atoms with Crippen molar-refractivity contribution in [3.8, 4) is 0 Å². The molecule has 30 heavy (non-hydrogen) atoms. The maximum Gasteiger partial charge on any atom is 0.254 e. The number of nitrogens with zero attached hydrogens (tertiary/aromatic N) is 2. The number of rotatable bonds is 6. The van der Waals surface area contributed by atoms with E-state index in [0.717, 1.165) is 24.8 Å². The van der Waals surface area contributed by atoms with Gasteiger partial charge in [0.05, 0.1) is 11.4 Å². The number of piperidine rings is 1. The number of hydrogen-bond acceptors (Lipinski definition) is 4. The monoisotopic (exact) mass is 429 g/mol. The fourth-order valence-electron chi connectivity index (χ4n) is 3.37. The number of sulfonamides is 1. The molecule has 1 aliphatic heterocycles. The summed E-state index contributed by atoms with van der Waals surface area (Å²) >= 11 is 0. The molecule has 0 aromatic heterocycles. The van der Waals surface area contributed by atoms with Gasteiger partial charge < -0.3 is 10.2 Å². The highest BCUT2D eigenvalue weighted by Gasteiger charge is 2.26. The van der Waals surface area contributed by atoms with Crippen LogP contribution in [0.1, 0.15) is 35.2 Å². The third kappa shape index (κ3) is 5.25. The minimum atomic E-state index is -3.54. The summed E-state index contributed by atoms with van der Waals surface area (Å²) in [4.78, 5) is 26.3. The quantitative estimate of drug-likeness (QED) is 0.765. The number of carbonyl (C=O) groups excluding carboxylic acids is 2. The second-order valence-corrected chi connectivity index (χ2v) is 9.50. The van der Waals surface area contributed by atoms with Crippen molar-refractivity contribution < 1.29 is 18.0 Å². The van der Waals surface area contributed by atoms with Crippen molar-refractivity contribution in [2.45, 2.75) is 31.1 Å². The summed E-state index contributed by atoms with van der Waals surface area (Å²) in [5.74, 6) is -0.657. The maximum absolute atomic E-state index is 12.7. The van der Waals surface area contributed by atoms with Gasteiger partial charge in [-0.05, 0) is 56.2 Å². The SMILES string of the molecule is Cc1ccc(NC(=O)CN(C)C(=O)c2ccc(S(=O)(=O)N3CCCCC3)cc2)cc1. The molecule has 1 N–H and O–H groups in total. The van der Waals surface area contributed by atoms with Gasteiger partial charge in [-0.1, -0.05) is 24.1 Å². The van der Waals surface area contributed by atoms with Gasteiger partial charge in [0.2, 0.25) is 15.9 Å². The van der Waals surface area contributed by atoms with Gasteiger partial charge >= 0.3 is 0 Å². The van der Waals surface area contributed by atoms with Crippen LogP contribution >= 0.6 is 0 Å². The zero-order valence-corrected chi connectivity index (χ0v) is 18.1. The van der Waals surface area contributed by atoms with Gasteiger partial charge in [-0.3, -0.25) is 9.59 Å². The van der Waals surface area contributed by atoms with E-state index in [1.54, 1.807) is 12.1 Å². The molecular formula is C22H27N3O4S. The Morgan fingerprint density at radius 2 is 1.57 bits per heavy atom. The van der Waals surface area contributed by atoms with E-state index in [1.807, 2.05) is 19.1 Å². The summed E-state index contributed by atoms with van der Waals surface area (Å²) < 4.78 is 26.9. The number of hydrogen-bond donors (Lipinski definition) is 1. The molecule has 1 aliphatic rings. The Bertz CT molecular complexity index is 996. The molecule has 2 aromatic rings. The molecule has 1 fully saturated rings. The average Bonchev–Trinajstić information content (AvgIpc) is 2.75. The van der Waals surface area contributed by atoms with Gasteiger partial charge in [-0.15, -0.1) is 0 Å². The van der Waals surface area contributed by atoms with Crippen molar-refractivity contribution in [2.75, 3.05) is 32.0 Å². The first-order valence-corrected chi connectivity index (χ1v) is 11.4. The molecule has 0 aliphatic carbocycles. The summed E-state index contributed by atoms with van der Waals surface area (Å²) in [6, 6.07) is 13.3.